The molecule has 0 spiro atoms. The van der Waals surface area contributed by atoms with E-state index < -0.39 is 0 Å². The Kier molecular flexibility index (Phi) is 5.36. The van der Waals surface area contributed by atoms with E-state index in [2.05, 4.69) is 6.08 Å². The summed E-state index contributed by atoms with van der Waals surface area (Å²) in [5.74, 6) is 0.0613. The summed E-state index contributed by atoms with van der Waals surface area (Å²) in [5, 5.41) is 7.54. The molecule has 0 unspecified atom stereocenters. The third-order valence-corrected chi connectivity index (χ3v) is 5.25. The molecular formula is C19H18ClN3OS. The van der Waals surface area contributed by atoms with Gasteiger partial charge in [-0.15, -0.1) is 11.3 Å². The molecule has 1 aliphatic heterocycles. The highest BCUT2D eigenvalue weighted by Gasteiger charge is 2.16. The second kappa shape index (κ2) is 7.68. The van der Waals surface area contributed by atoms with Crippen LogP contribution in [0.15, 0.2) is 48.6 Å². The molecule has 0 fully saturated rings. The molecule has 1 aromatic carbocycles. The van der Waals surface area contributed by atoms with E-state index in [1.165, 1.54) is 16.9 Å². The van der Waals surface area contributed by atoms with Crippen molar-refractivity contribution in [3.05, 3.63) is 68.9 Å². The topological polar surface area (TPSA) is 70.2 Å². The van der Waals surface area contributed by atoms with Gasteiger partial charge in [0.1, 0.15) is 5.84 Å². The quantitative estimate of drug-likeness (QED) is 0.484. The fourth-order valence-corrected chi connectivity index (χ4v) is 3.66. The molecule has 0 saturated heterocycles. The second-order valence-electron chi connectivity index (χ2n) is 5.73. The van der Waals surface area contributed by atoms with Crippen molar-refractivity contribution in [2.24, 2.45) is 5.73 Å². The molecule has 0 aliphatic carbocycles. The molecule has 2 heterocycles. The summed E-state index contributed by atoms with van der Waals surface area (Å²) in [6.45, 7) is 1.25. The Morgan fingerprint density at radius 1 is 1.32 bits per heavy atom. The Morgan fingerprint density at radius 2 is 2.16 bits per heavy atom. The maximum absolute atomic E-state index is 12.3. The number of halogens is 1. The van der Waals surface area contributed by atoms with Crippen LogP contribution in [0.5, 0.6) is 0 Å². The third kappa shape index (κ3) is 4.38. The molecule has 3 N–H and O–H groups in total. The number of amidine groups is 1. The highest BCUT2D eigenvalue weighted by atomic mass is 35.5. The first kappa shape index (κ1) is 17.5. The average molecular weight is 372 g/mol. The maximum atomic E-state index is 12.3. The first-order valence-electron chi connectivity index (χ1n) is 7.89. The lowest BCUT2D eigenvalue weighted by atomic mass is 9.97. The highest BCUT2D eigenvalue weighted by molar-refractivity contribution is 7.17. The van der Waals surface area contributed by atoms with Gasteiger partial charge in [-0.25, -0.2) is 0 Å². The number of amides is 1. The summed E-state index contributed by atoms with van der Waals surface area (Å²) in [6, 6.07) is 11.4. The number of nitrogens with one attached hydrogen (secondary N) is 1. The maximum Gasteiger partial charge on any atom is 0.246 e. The molecule has 4 nitrogen and oxygen atoms in total. The minimum absolute atomic E-state index is 0.00249. The lowest BCUT2D eigenvalue weighted by molar-refractivity contribution is -0.125. The molecule has 0 saturated carbocycles. The summed E-state index contributed by atoms with van der Waals surface area (Å²) >= 11 is 7.34. The number of nitrogens with zero attached hydrogens (tertiary/aromatic N) is 1. The highest BCUT2D eigenvalue weighted by Crippen LogP contribution is 2.24. The van der Waals surface area contributed by atoms with Gasteiger partial charge in [0.05, 0.1) is 4.34 Å². The standard InChI is InChI=1S/C19H18ClN3OS/c20-17-6-4-16(25-17)5-7-18(24)23-10-8-13(9-11-23)14-2-1-3-15(12-14)19(21)22/h1-8,12H,9-11H2,(H3,21,22)/b7-5+. The van der Waals surface area contributed by atoms with Gasteiger partial charge < -0.3 is 10.6 Å². The van der Waals surface area contributed by atoms with E-state index >= 15 is 0 Å². The number of hydrogen-bond acceptors (Lipinski definition) is 3. The molecule has 1 amide bonds. The smallest absolute Gasteiger partial charge is 0.246 e. The van der Waals surface area contributed by atoms with Crippen LogP contribution in [0, 0.1) is 5.41 Å². The molecule has 0 bridgehead atoms. The summed E-state index contributed by atoms with van der Waals surface area (Å²) < 4.78 is 0.713. The Balaban J connectivity index is 1.65. The van der Waals surface area contributed by atoms with Gasteiger partial charge in [-0.05, 0) is 41.8 Å². The average Bonchev–Trinajstić information content (AvgIpc) is 3.05. The zero-order valence-electron chi connectivity index (χ0n) is 13.5. The van der Waals surface area contributed by atoms with E-state index in [1.807, 2.05) is 41.3 Å². The Bertz CT molecular complexity index is 869. The van der Waals surface area contributed by atoms with Gasteiger partial charge in [-0.3, -0.25) is 10.2 Å². The molecule has 128 valence electrons. The molecule has 1 aromatic heterocycles. The van der Waals surface area contributed by atoms with Gasteiger partial charge in [0.2, 0.25) is 5.91 Å². The molecule has 1 aliphatic rings. The lowest BCUT2D eigenvalue weighted by Crippen LogP contribution is -2.33. The van der Waals surface area contributed by atoms with Crippen LogP contribution in [0.1, 0.15) is 22.4 Å². The normalized spacial score (nSPS) is 14.6. The number of nitrogen functional groups attached to an aromatic ring is 1. The zero-order chi connectivity index (χ0) is 17.8. The van der Waals surface area contributed by atoms with Gasteiger partial charge in [0.25, 0.3) is 0 Å². The van der Waals surface area contributed by atoms with Crippen LogP contribution in [-0.2, 0) is 4.79 Å². The zero-order valence-corrected chi connectivity index (χ0v) is 15.1. The molecule has 6 heteroatoms. The van der Waals surface area contributed by atoms with E-state index in [0.717, 1.165) is 22.4 Å². The first-order valence-corrected chi connectivity index (χ1v) is 9.08. The van der Waals surface area contributed by atoms with Crippen molar-refractivity contribution in [1.29, 1.82) is 5.41 Å². The van der Waals surface area contributed by atoms with Crippen molar-refractivity contribution in [2.75, 3.05) is 13.1 Å². The molecule has 2 aromatic rings. The number of rotatable bonds is 4. The number of carbonyl (C=O) groups is 1. The van der Waals surface area contributed by atoms with Crippen LogP contribution in [-0.4, -0.2) is 29.7 Å². The molecule has 3 rings (SSSR count). The molecule has 0 radical (unpaired) electrons. The summed E-state index contributed by atoms with van der Waals surface area (Å²) in [7, 11) is 0. The van der Waals surface area contributed by atoms with Gasteiger partial charge in [-0.2, -0.15) is 0 Å². The van der Waals surface area contributed by atoms with Crippen LogP contribution >= 0.6 is 22.9 Å². The predicted octanol–water partition coefficient (Wildman–Crippen LogP) is 4.01. The first-order chi connectivity index (χ1) is 12.0. The molecule has 0 atom stereocenters. The van der Waals surface area contributed by atoms with Crippen LogP contribution in [0.25, 0.3) is 11.6 Å². The number of hydrogen-bond donors (Lipinski definition) is 2. The van der Waals surface area contributed by atoms with Crippen molar-refractivity contribution >= 4 is 46.3 Å². The van der Waals surface area contributed by atoms with Crippen LogP contribution in [0.3, 0.4) is 0 Å². The number of nitrogens with two attached hydrogens (primary N) is 1. The Labute approximate surface area is 155 Å². The second-order valence-corrected chi connectivity index (χ2v) is 7.48. The van der Waals surface area contributed by atoms with E-state index in [9.17, 15) is 4.79 Å². The van der Waals surface area contributed by atoms with Crippen molar-refractivity contribution in [3.63, 3.8) is 0 Å². The Morgan fingerprint density at radius 3 is 2.80 bits per heavy atom. The number of thiophene rings is 1. The van der Waals surface area contributed by atoms with Crippen LogP contribution in [0.4, 0.5) is 0 Å². The van der Waals surface area contributed by atoms with Crippen LogP contribution < -0.4 is 5.73 Å². The van der Waals surface area contributed by atoms with E-state index in [4.69, 9.17) is 22.7 Å². The van der Waals surface area contributed by atoms with Gasteiger partial charge in [0.15, 0.2) is 0 Å². The molecule has 25 heavy (non-hydrogen) atoms. The van der Waals surface area contributed by atoms with Gasteiger partial charge in [0, 0.05) is 29.6 Å². The van der Waals surface area contributed by atoms with E-state index in [-0.39, 0.29) is 11.7 Å². The van der Waals surface area contributed by atoms with Crippen molar-refractivity contribution in [2.45, 2.75) is 6.42 Å². The number of carbonyl (C=O) groups excluding carboxylic acids is 1. The van der Waals surface area contributed by atoms with Crippen molar-refractivity contribution in [1.82, 2.24) is 4.90 Å². The fourth-order valence-electron chi connectivity index (χ4n) is 2.69. The SMILES string of the molecule is N=C(N)c1cccc(C2=CCN(C(=O)/C=C/c3ccc(Cl)s3)CC2)c1. The van der Waals surface area contributed by atoms with Crippen molar-refractivity contribution < 1.29 is 4.79 Å². The van der Waals surface area contributed by atoms with E-state index in [1.54, 1.807) is 12.2 Å². The summed E-state index contributed by atoms with van der Waals surface area (Å²) in [6.07, 6.45) is 6.24. The fraction of sp³-hybridized carbons (Fsp3) is 0.158. The third-order valence-electron chi connectivity index (χ3n) is 4.05. The summed E-state index contributed by atoms with van der Waals surface area (Å²) in [4.78, 5) is 15.1. The Hall–Kier alpha value is -2.37. The van der Waals surface area contributed by atoms with Crippen molar-refractivity contribution in [3.8, 4) is 0 Å². The molecular weight excluding hydrogens is 354 g/mol. The van der Waals surface area contributed by atoms with Gasteiger partial charge >= 0.3 is 0 Å². The lowest BCUT2D eigenvalue weighted by Gasteiger charge is -2.25. The van der Waals surface area contributed by atoms with E-state index in [0.29, 0.717) is 17.4 Å². The monoisotopic (exact) mass is 371 g/mol. The van der Waals surface area contributed by atoms with Gasteiger partial charge in [-0.1, -0.05) is 35.9 Å². The number of benzene rings is 1. The largest absolute Gasteiger partial charge is 0.384 e. The van der Waals surface area contributed by atoms with Crippen LogP contribution in [0.2, 0.25) is 4.34 Å². The minimum atomic E-state index is -0.00249. The summed E-state index contributed by atoms with van der Waals surface area (Å²) in [5.41, 5.74) is 8.51. The predicted molar refractivity (Wildman–Crippen MR) is 105 cm³/mol. The minimum Gasteiger partial charge on any atom is -0.384 e.